The van der Waals surface area contributed by atoms with Crippen molar-refractivity contribution in [2.75, 3.05) is 9.80 Å². The average Bonchev–Trinajstić information content (AvgIpc) is 3.73. The minimum Gasteiger partial charge on any atom is -0.456 e. The fraction of sp³-hybridized carbons (Fsp3) is 0.167. The first-order valence-corrected chi connectivity index (χ1v) is 20.4. The summed E-state index contributed by atoms with van der Waals surface area (Å²) >= 11 is 0. The summed E-state index contributed by atoms with van der Waals surface area (Å²) in [5.74, 6) is 4.24. The van der Waals surface area contributed by atoms with E-state index < -0.39 is 5.41 Å². The molecule has 2 aliphatic rings. The van der Waals surface area contributed by atoms with Gasteiger partial charge < -0.3 is 26.9 Å². The maximum absolute atomic E-state index is 6.44. The predicted octanol–water partition coefficient (Wildman–Crippen LogP) is 13.8. The largest absolute Gasteiger partial charge is 3.00 e. The van der Waals surface area contributed by atoms with Crippen LogP contribution in [0.15, 0.2) is 164 Å². The Morgan fingerprint density at radius 3 is 1.56 bits per heavy atom. The normalized spacial score (nSPS) is 12.9. The van der Waals surface area contributed by atoms with Crippen LogP contribution in [0.1, 0.15) is 75.1 Å². The minimum absolute atomic E-state index is 0. The molecule has 4 heterocycles. The van der Waals surface area contributed by atoms with Crippen LogP contribution in [0.2, 0.25) is 0 Å². The molecule has 8 heteroatoms. The Morgan fingerprint density at radius 2 is 1.00 bits per heavy atom. The van der Waals surface area contributed by atoms with Crippen LogP contribution < -0.4 is 24.4 Å². The number of fused-ring (bicyclic) bond motifs is 4. The maximum Gasteiger partial charge on any atom is 3.00 e. The van der Waals surface area contributed by atoms with Gasteiger partial charge in [-0.15, -0.1) is 5.56 Å². The summed E-state index contributed by atoms with van der Waals surface area (Å²) < 4.78 is 12.7. The number of aromatic nitrogens is 3. The summed E-state index contributed by atoms with van der Waals surface area (Å²) in [4.78, 5) is 10.1. The van der Waals surface area contributed by atoms with Gasteiger partial charge in [0.2, 0.25) is 0 Å². The molecule has 0 saturated carbocycles. The monoisotopic (exact) mass is 995 g/mol. The molecule has 0 atom stereocenters. The third-order valence-electron chi connectivity index (χ3n) is 11.6. The molecule has 0 N–H and O–H groups in total. The third-order valence-corrected chi connectivity index (χ3v) is 11.6. The Balaban J connectivity index is 0.00000264. The second-order valence-electron chi connectivity index (χ2n) is 17.6. The molecule has 10 rings (SSSR count). The molecule has 0 bridgehead atoms. The van der Waals surface area contributed by atoms with Crippen molar-refractivity contribution in [2.24, 2.45) is 0 Å². The molecule has 0 radical (unpaired) electrons. The number of ether oxygens (including phenoxy) is 2. The van der Waals surface area contributed by atoms with Gasteiger partial charge in [0, 0.05) is 11.5 Å². The van der Waals surface area contributed by atoms with Crippen LogP contribution in [0, 0.1) is 13.5 Å². The molecule has 8 aromatic rings. The molecular weight excluding hydrogens is 948 g/mol. The Bertz CT molecular complexity index is 2800. The molecule has 0 aliphatic carbocycles. The number of para-hydroxylation sites is 6. The van der Waals surface area contributed by atoms with Crippen molar-refractivity contribution in [3.8, 4) is 23.0 Å². The molecule has 0 fully saturated rings. The standard InChI is InChI=1S/C53H45N5O2.CH3.Au/c1-51(2,3)35-17-13-19-37(31-35)53(38-20-14-18-36(32-38)52(4,5)6,39-21-15-22-40(33-39)57-41-23-7-10-26-44(41)60-47-34-54-56-50(47)57)48-29-16-30-49(55-48)58-42-24-8-11-27-45(42)59-46-28-12-9-25-43(46)58;;/h7-32,34H,1-6H3;1H3;/q-2;-1;+3. The van der Waals surface area contributed by atoms with E-state index in [1.165, 1.54) is 11.1 Å². The van der Waals surface area contributed by atoms with E-state index >= 15 is 0 Å². The molecule has 6 aromatic carbocycles. The molecule has 0 unspecified atom stereocenters. The molecule has 0 saturated heterocycles. The van der Waals surface area contributed by atoms with Crippen molar-refractivity contribution in [1.82, 2.24) is 15.2 Å². The smallest absolute Gasteiger partial charge is 0.456 e. The van der Waals surface area contributed by atoms with Crippen LogP contribution >= 0.6 is 0 Å². The number of hydrogen-bond acceptors (Lipinski definition) is 6. The van der Waals surface area contributed by atoms with Gasteiger partial charge in [0.25, 0.3) is 0 Å². The Hall–Kier alpha value is -6.38. The predicted molar refractivity (Wildman–Crippen MR) is 246 cm³/mol. The van der Waals surface area contributed by atoms with Crippen molar-refractivity contribution in [3.05, 3.63) is 211 Å². The topological polar surface area (TPSA) is 64.8 Å². The molecule has 312 valence electrons. The van der Waals surface area contributed by atoms with Crippen molar-refractivity contribution in [1.29, 1.82) is 0 Å². The van der Waals surface area contributed by atoms with E-state index in [1.54, 1.807) is 6.20 Å². The fourth-order valence-corrected chi connectivity index (χ4v) is 8.54. The molecular formula is C54H48AuN5O2. The maximum atomic E-state index is 6.44. The summed E-state index contributed by atoms with van der Waals surface area (Å²) in [6.45, 7) is 13.6. The van der Waals surface area contributed by atoms with Gasteiger partial charge in [0.15, 0.2) is 11.5 Å². The zero-order valence-electron chi connectivity index (χ0n) is 35.9. The SMILES string of the molecule is CC(C)(C)c1cccc(C(c2[c-]c(N3c4ccccc4Oc4cn[n-]c43)ccc2)(c2cccc(C(C)(C)C)c2)c2cccc(N3c4ccccc4Oc4ccccc43)n2)c1.[Au+3].[CH3-]. The Morgan fingerprint density at radius 1 is 0.516 bits per heavy atom. The summed E-state index contributed by atoms with van der Waals surface area (Å²) in [7, 11) is 0. The van der Waals surface area contributed by atoms with Gasteiger partial charge in [-0.25, -0.2) is 4.98 Å². The summed E-state index contributed by atoms with van der Waals surface area (Å²) in [6.07, 6.45) is 1.67. The van der Waals surface area contributed by atoms with Crippen LogP contribution in [-0.2, 0) is 38.6 Å². The summed E-state index contributed by atoms with van der Waals surface area (Å²) in [6, 6.07) is 59.1. The molecule has 7 nitrogen and oxygen atoms in total. The summed E-state index contributed by atoms with van der Waals surface area (Å²) in [5.41, 5.74) is 8.67. The molecule has 2 aliphatic heterocycles. The van der Waals surface area contributed by atoms with Gasteiger partial charge in [-0.3, -0.25) is 10.00 Å². The number of hydrogen-bond donors (Lipinski definition) is 0. The first-order valence-electron chi connectivity index (χ1n) is 20.4. The van der Waals surface area contributed by atoms with Crippen LogP contribution in [0.3, 0.4) is 0 Å². The van der Waals surface area contributed by atoms with E-state index in [0.29, 0.717) is 11.6 Å². The number of benzene rings is 6. The number of pyridine rings is 1. The van der Waals surface area contributed by atoms with E-state index in [2.05, 4.69) is 165 Å². The van der Waals surface area contributed by atoms with Gasteiger partial charge in [-0.1, -0.05) is 139 Å². The third kappa shape index (κ3) is 7.10. The number of anilines is 6. The second-order valence-corrected chi connectivity index (χ2v) is 17.6. The van der Waals surface area contributed by atoms with Gasteiger partial charge >= 0.3 is 22.4 Å². The average molecular weight is 996 g/mol. The van der Waals surface area contributed by atoms with E-state index in [1.807, 2.05) is 60.7 Å². The Kier molecular flexibility index (Phi) is 11.0. The fourth-order valence-electron chi connectivity index (χ4n) is 8.54. The van der Waals surface area contributed by atoms with Gasteiger partial charge in [0.1, 0.15) is 17.3 Å². The van der Waals surface area contributed by atoms with E-state index in [0.717, 1.165) is 68.2 Å². The van der Waals surface area contributed by atoms with Gasteiger partial charge in [-0.05, 0) is 75.5 Å². The van der Waals surface area contributed by atoms with E-state index in [-0.39, 0.29) is 40.6 Å². The van der Waals surface area contributed by atoms with Crippen LogP contribution in [0.4, 0.5) is 34.4 Å². The summed E-state index contributed by atoms with van der Waals surface area (Å²) in [5, 5.41) is 8.83. The molecule has 0 amide bonds. The first kappa shape index (κ1) is 42.3. The second kappa shape index (κ2) is 16.1. The van der Waals surface area contributed by atoms with E-state index in [9.17, 15) is 0 Å². The van der Waals surface area contributed by atoms with Crippen molar-refractivity contribution in [3.63, 3.8) is 0 Å². The molecule has 62 heavy (non-hydrogen) atoms. The number of nitrogens with zero attached hydrogens (tertiary/aromatic N) is 5. The zero-order valence-corrected chi connectivity index (χ0v) is 38.1. The van der Waals surface area contributed by atoms with E-state index in [4.69, 9.17) is 14.5 Å². The van der Waals surface area contributed by atoms with Crippen LogP contribution in [0.25, 0.3) is 0 Å². The minimum atomic E-state index is -0.966. The van der Waals surface area contributed by atoms with Crippen molar-refractivity contribution in [2.45, 2.75) is 57.8 Å². The quantitative estimate of drug-likeness (QED) is 0.0934. The number of rotatable bonds is 6. The first-order chi connectivity index (χ1) is 29.0. The van der Waals surface area contributed by atoms with Gasteiger partial charge in [0.05, 0.1) is 28.7 Å². The van der Waals surface area contributed by atoms with Crippen molar-refractivity contribution >= 4 is 34.4 Å². The van der Waals surface area contributed by atoms with Crippen molar-refractivity contribution < 1.29 is 31.9 Å². The molecule has 0 spiro atoms. The van der Waals surface area contributed by atoms with Crippen LogP contribution in [0.5, 0.6) is 23.0 Å². The van der Waals surface area contributed by atoms with Gasteiger partial charge in [-0.2, -0.15) is 30.0 Å². The Labute approximate surface area is 380 Å². The zero-order chi connectivity index (χ0) is 41.2. The molecule has 2 aromatic heterocycles. The van der Waals surface area contributed by atoms with Crippen LogP contribution in [-0.4, -0.2) is 10.1 Å².